The van der Waals surface area contributed by atoms with Crippen LogP contribution in [0.4, 0.5) is 4.79 Å². The Morgan fingerprint density at radius 3 is 2.21 bits per heavy atom. The zero-order valence-electron chi connectivity index (χ0n) is 19.5. The smallest absolute Gasteiger partial charge is 0.407 e. The first-order valence-corrected chi connectivity index (χ1v) is 12.1. The third kappa shape index (κ3) is 5.58. The predicted molar refractivity (Wildman–Crippen MR) is 128 cm³/mol. The Labute approximate surface area is 200 Å². The highest BCUT2D eigenvalue weighted by atomic mass is 16.5. The highest BCUT2D eigenvalue weighted by Gasteiger charge is 2.34. The standard InChI is InChI=1S/C27H32N2O5/c1-2-14-29(15-13-25(30)31)26(32)24(16-18-11-12-18)28-27(33)34-17-23-21-9-5-3-7-19(21)20-8-4-6-10-22(20)23/h3-10,18,23-24H,2,11-17H2,1H3,(H,28,33)(H,30,31)/t24-/m0/s1. The van der Waals surface area contributed by atoms with Gasteiger partial charge in [0.15, 0.2) is 0 Å². The van der Waals surface area contributed by atoms with Crippen molar-refractivity contribution in [3.05, 3.63) is 59.7 Å². The number of nitrogens with one attached hydrogen (secondary N) is 1. The Morgan fingerprint density at radius 1 is 1.03 bits per heavy atom. The maximum Gasteiger partial charge on any atom is 0.407 e. The van der Waals surface area contributed by atoms with Crippen LogP contribution in [0, 0.1) is 5.92 Å². The second-order valence-corrected chi connectivity index (χ2v) is 9.17. The number of nitrogens with zero attached hydrogens (tertiary/aromatic N) is 1. The van der Waals surface area contributed by atoms with Gasteiger partial charge in [0.1, 0.15) is 12.6 Å². The molecule has 2 aliphatic carbocycles. The number of hydrogen-bond donors (Lipinski definition) is 2. The van der Waals surface area contributed by atoms with E-state index in [0.29, 0.717) is 25.3 Å². The molecule has 2 aromatic carbocycles. The number of carboxylic acid groups (broad SMARTS) is 1. The van der Waals surface area contributed by atoms with E-state index in [1.807, 2.05) is 31.2 Å². The van der Waals surface area contributed by atoms with Crippen molar-refractivity contribution < 1.29 is 24.2 Å². The predicted octanol–water partition coefficient (Wildman–Crippen LogP) is 4.41. The number of carbonyl (C=O) groups excluding carboxylic acids is 2. The zero-order valence-corrected chi connectivity index (χ0v) is 19.5. The van der Waals surface area contributed by atoms with Gasteiger partial charge < -0.3 is 20.1 Å². The van der Waals surface area contributed by atoms with Crippen LogP contribution in [-0.2, 0) is 14.3 Å². The normalized spacial score (nSPS) is 15.2. The second-order valence-electron chi connectivity index (χ2n) is 9.17. The number of benzene rings is 2. The summed E-state index contributed by atoms with van der Waals surface area (Å²) in [5.41, 5.74) is 4.57. The summed E-state index contributed by atoms with van der Waals surface area (Å²) in [5.74, 6) is -0.825. The number of aliphatic carboxylic acids is 1. The van der Waals surface area contributed by atoms with E-state index in [4.69, 9.17) is 9.84 Å². The summed E-state index contributed by atoms with van der Waals surface area (Å²) in [6.45, 7) is 2.72. The van der Waals surface area contributed by atoms with Crippen molar-refractivity contribution >= 4 is 18.0 Å². The van der Waals surface area contributed by atoms with Crippen molar-refractivity contribution in [1.29, 1.82) is 0 Å². The average Bonchev–Trinajstić information content (AvgIpc) is 3.60. The van der Waals surface area contributed by atoms with E-state index in [9.17, 15) is 14.4 Å². The molecule has 2 N–H and O–H groups in total. The lowest BCUT2D eigenvalue weighted by molar-refractivity contribution is -0.139. The highest BCUT2D eigenvalue weighted by Crippen LogP contribution is 2.44. The maximum absolute atomic E-state index is 13.2. The Kier molecular flexibility index (Phi) is 7.50. The van der Waals surface area contributed by atoms with Crippen LogP contribution in [0.15, 0.2) is 48.5 Å². The molecule has 1 atom stereocenters. The topological polar surface area (TPSA) is 95.9 Å². The van der Waals surface area contributed by atoms with Gasteiger partial charge >= 0.3 is 12.1 Å². The number of alkyl carbamates (subject to hydrolysis) is 1. The molecule has 0 aliphatic heterocycles. The quantitative estimate of drug-likeness (QED) is 0.514. The molecule has 0 heterocycles. The zero-order chi connectivity index (χ0) is 24.1. The van der Waals surface area contributed by atoms with Gasteiger partial charge in [-0.1, -0.05) is 68.3 Å². The van der Waals surface area contributed by atoms with Crippen LogP contribution >= 0.6 is 0 Å². The summed E-state index contributed by atoms with van der Waals surface area (Å²) in [4.78, 5) is 38.6. The molecule has 0 radical (unpaired) electrons. The summed E-state index contributed by atoms with van der Waals surface area (Å²) in [6, 6.07) is 15.6. The summed E-state index contributed by atoms with van der Waals surface area (Å²) in [5, 5.41) is 11.8. The molecule has 7 heteroatoms. The van der Waals surface area contributed by atoms with Crippen LogP contribution in [0.25, 0.3) is 11.1 Å². The number of hydrogen-bond acceptors (Lipinski definition) is 4. The lowest BCUT2D eigenvalue weighted by Crippen LogP contribution is -2.49. The lowest BCUT2D eigenvalue weighted by Gasteiger charge is -2.27. The van der Waals surface area contributed by atoms with E-state index in [2.05, 4.69) is 29.6 Å². The summed E-state index contributed by atoms with van der Waals surface area (Å²) < 4.78 is 5.65. The Bertz CT molecular complexity index is 1000. The first kappa shape index (κ1) is 23.8. The summed E-state index contributed by atoms with van der Waals surface area (Å²) in [7, 11) is 0. The maximum atomic E-state index is 13.2. The number of carbonyl (C=O) groups is 3. The van der Waals surface area contributed by atoms with Gasteiger partial charge in [0.2, 0.25) is 5.91 Å². The van der Waals surface area contributed by atoms with Crippen LogP contribution in [0.3, 0.4) is 0 Å². The Hall–Kier alpha value is -3.35. The highest BCUT2D eigenvalue weighted by molar-refractivity contribution is 5.86. The molecule has 0 saturated heterocycles. The first-order valence-electron chi connectivity index (χ1n) is 12.1. The second kappa shape index (κ2) is 10.7. The van der Waals surface area contributed by atoms with Crippen LogP contribution in [0.2, 0.25) is 0 Å². The summed E-state index contributed by atoms with van der Waals surface area (Å²) >= 11 is 0. The van der Waals surface area contributed by atoms with Crippen molar-refractivity contribution in [2.24, 2.45) is 5.92 Å². The summed E-state index contributed by atoms with van der Waals surface area (Å²) in [6.07, 6.45) is 2.61. The molecule has 34 heavy (non-hydrogen) atoms. The molecular formula is C27H32N2O5. The fraction of sp³-hybridized carbons (Fsp3) is 0.444. The van der Waals surface area contributed by atoms with E-state index < -0.39 is 18.1 Å². The van der Waals surface area contributed by atoms with E-state index in [1.165, 1.54) is 0 Å². The van der Waals surface area contributed by atoms with E-state index in [0.717, 1.165) is 35.1 Å². The minimum Gasteiger partial charge on any atom is -0.481 e. The molecule has 0 bridgehead atoms. The lowest BCUT2D eigenvalue weighted by atomic mass is 9.98. The number of carboxylic acids is 1. The van der Waals surface area contributed by atoms with Gasteiger partial charge in [-0.15, -0.1) is 0 Å². The van der Waals surface area contributed by atoms with Gasteiger partial charge in [-0.25, -0.2) is 4.79 Å². The van der Waals surface area contributed by atoms with Gasteiger partial charge in [-0.05, 0) is 41.0 Å². The number of ether oxygens (including phenoxy) is 1. The fourth-order valence-corrected chi connectivity index (χ4v) is 4.74. The molecule has 1 fully saturated rings. The molecular weight excluding hydrogens is 432 g/mol. The van der Waals surface area contributed by atoms with E-state index >= 15 is 0 Å². The molecule has 2 aliphatic rings. The van der Waals surface area contributed by atoms with Crippen molar-refractivity contribution in [2.75, 3.05) is 19.7 Å². The molecule has 4 rings (SSSR count). The molecule has 0 aromatic heterocycles. The largest absolute Gasteiger partial charge is 0.481 e. The van der Waals surface area contributed by atoms with Gasteiger partial charge in [-0.3, -0.25) is 9.59 Å². The van der Waals surface area contributed by atoms with Crippen LogP contribution in [0.5, 0.6) is 0 Å². The third-order valence-corrected chi connectivity index (χ3v) is 6.60. The number of amides is 2. The first-order chi connectivity index (χ1) is 16.5. The number of rotatable bonds is 11. The molecule has 0 unspecified atom stereocenters. The van der Waals surface area contributed by atoms with Crippen molar-refractivity contribution in [3.8, 4) is 11.1 Å². The molecule has 2 amide bonds. The van der Waals surface area contributed by atoms with Crippen LogP contribution in [0.1, 0.15) is 56.1 Å². The molecule has 0 spiro atoms. The van der Waals surface area contributed by atoms with Gasteiger partial charge in [0, 0.05) is 19.0 Å². The number of fused-ring (bicyclic) bond motifs is 3. The van der Waals surface area contributed by atoms with Crippen molar-refractivity contribution in [1.82, 2.24) is 10.2 Å². The van der Waals surface area contributed by atoms with Gasteiger partial charge in [-0.2, -0.15) is 0 Å². The van der Waals surface area contributed by atoms with Crippen LogP contribution in [-0.4, -0.2) is 53.7 Å². The average molecular weight is 465 g/mol. The van der Waals surface area contributed by atoms with Crippen molar-refractivity contribution in [2.45, 2.75) is 51.0 Å². The molecule has 180 valence electrons. The van der Waals surface area contributed by atoms with Crippen molar-refractivity contribution in [3.63, 3.8) is 0 Å². The minimum atomic E-state index is -0.947. The Balaban J connectivity index is 1.41. The van der Waals surface area contributed by atoms with Gasteiger partial charge in [0.05, 0.1) is 6.42 Å². The molecule has 7 nitrogen and oxygen atoms in total. The molecule has 1 saturated carbocycles. The van der Waals surface area contributed by atoms with E-state index in [-0.39, 0.29) is 31.4 Å². The Morgan fingerprint density at radius 2 is 1.65 bits per heavy atom. The van der Waals surface area contributed by atoms with E-state index in [1.54, 1.807) is 4.90 Å². The third-order valence-electron chi connectivity index (χ3n) is 6.60. The SMILES string of the molecule is CCCN(CCC(=O)O)C(=O)[C@H](CC1CC1)NC(=O)OCC1c2ccccc2-c2ccccc21. The monoisotopic (exact) mass is 464 g/mol. The minimum absolute atomic E-state index is 0.0529. The van der Waals surface area contributed by atoms with Gasteiger partial charge in [0.25, 0.3) is 0 Å². The molecule has 2 aromatic rings. The van der Waals surface area contributed by atoms with Crippen LogP contribution < -0.4 is 5.32 Å². The fourth-order valence-electron chi connectivity index (χ4n) is 4.74.